The first kappa shape index (κ1) is 23.0. The number of ether oxygens (including phenoxy) is 1. The summed E-state index contributed by atoms with van der Waals surface area (Å²) >= 11 is 6.05. The molecule has 0 aromatic heterocycles. The molecule has 158 valence electrons. The molecule has 0 saturated heterocycles. The zero-order valence-corrected chi connectivity index (χ0v) is 18.1. The van der Waals surface area contributed by atoms with Crippen molar-refractivity contribution in [2.45, 2.75) is 26.3 Å². The largest absolute Gasteiger partial charge is 0.492 e. The smallest absolute Gasteiger partial charge is 0.244 e. The van der Waals surface area contributed by atoms with E-state index in [1.165, 1.54) is 12.1 Å². The highest BCUT2D eigenvalue weighted by Gasteiger charge is 2.31. The molecule has 2 rings (SSSR count). The summed E-state index contributed by atoms with van der Waals surface area (Å²) in [5.74, 6) is -0.383. The van der Waals surface area contributed by atoms with Gasteiger partial charge in [0, 0.05) is 5.02 Å². The molecule has 0 aliphatic carbocycles. The summed E-state index contributed by atoms with van der Waals surface area (Å²) in [4.78, 5) is 12.6. The molecule has 0 saturated carbocycles. The van der Waals surface area contributed by atoms with E-state index in [-0.39, 0.29) is 25.3 Å². The minimum absolute atomic E-state index is 0.182. The number of carbonyl (C=O) groups excluding carboxylic acids is 1. The number of aryl methyl sites for hydroxylation is 1. The molecule has 29 heavy (non-hydrogen) atoms. The number of rotatable bonds is 9. The van der Waals surface area contributed by atoms with E-state index in [1.807, 2.05) is 13.0 Å². The molecule has 1 N–H and O–H groups in total. The molecule has 0 bridgehead atoms. The highest BCUT2D eigenvalue weighted by Crippen LogP contribution is 2.23. The summed E-state index contributed by atoms with van der Waals surface area (Å²) < 4.78 is 44.4. The number of amides is 1. The Bertz CT molecular complexity index is 951. The number of carbonyl (C=O) groups is 1. The second-order valence-corrected chi connectivity index (χ2v) is 8.78. The summed E-state index contributed by atoms with van der Waals surface area (Å²) in [5, 5.41) is 3.27. The fraction of sp³-hybridized carbons (Fsp3) is 0.350. The van der Waals surface area contributed by atoms with E-state index in [9.17, 15) is 17.6 Å². The summed E-state index contributed by atoms with van der Waals surface area (Å²) in [6.07, 6.45) is 1.25. The maximum absolute atomic E-state index is 13.2. The van der Waals surface area contributed by atoms with Gasteiger partial charge >= 0.3 is 0 Å². The Kier molecular flexibility index (Phi) is 7.87. The molecule has 1 atom stereocenters. The van der Waals surface area contributed by atoms with Gasteiger partial charge in [0.25, 0.3) is 0 Å². The molecule has 9 heteroatoms. The van der Waals surface area contributed by atoms with Gasteiger partial charge < -0.3 is 10.1 Å². The molecule has 0 aliphatic rings. The lowest BCUT2D eigenvalue weighted by atomic mass is 10.2. The van der Waals surface area contributed by atoms with Crippen molar-refractivity contribution in [3.05, 3.63) is 58.9 Å². The Hall–Kier alpha value is -2.32. The van der Waals surface area contributed by atoms with Gasteiger partial charge in [-0.2, -0.15) is 0 Å². The third-order valence-electron chi connectivity index (χ3n) is 4.22. The van der Waals surface area contributed by atoms with Gasteiger partial charge in [-0.3, -0.25) is 9.10 Å². The van der Waals surface area contributed by atoms with Gasteiger partial charge in [-0.05, 0) is 55.3 Å². The van der Waals surface area contributed by atoms with Crippen molar-refractivity contribution in [3.63, 3.8) is 0 Å². The number of nitrogens with zero attached hydrogens (tertiary/aromatic N) is 1. The minimum atomic E-state index is -3.77. The second-order valence-electron chi connectivity index (χ2n) is 6.51. The van der Waals surface area contributed by atoms with Crippen LogP contribution in [0.4, 0.5) is 10.1 Å². The Morgan fingerprint density at radius 1 is 1.24 bits per heavy atom. The van der Waals surface area contributed by atoms with Crippen LogP contribution in [0.5, 0.6) is 5.75 Å². The molecular formula is C20H24ClFN2O4S. The third-order valence-corrected chi connectivity index (χ3v) is 5.81. The van der Waals surface area contributed by atoms with Crippen LogP contribution >= 0.6 is 11.6 Å². The monoisotopic (exact) mass is 442 g/mol. The summed E-state index contributed by atoms with van der Waals surface area (Å²) in [6.45, 7) is 3.96. The molecule has 0 heterocycles. The van der Waals surface area contributed by atoms with E-state index >= 15 is 0 Å². The van der Waals surface area contributed by atoms with Gasteiger partial charge in [0.05, 0.1) is 18.5 Å². The lowest BCUT2D eigenvalue weighted by Gasteiger charge is -2.30. The van der Waals surface area contributed by atoms with Crippen LogP contribution in [0.3, 0.4) is 0 Å². The number of benzene rings is 2. The van der Waals surface area contributed by atoms with Crippen LogP contribution in [0, 0.1) is 12.7 Å². The van der Waals surface area contributed by atoms with Crippen molar-refractivity contribution in [3.8, 4) is 5.75 Å². The number of hydrogen-bond donors (Lipinski definition) is 1. The molecule has 0 radical (unpaired) electrons. The van der Waals surface area contributed by atoms with Crippen molar-refractivity contribution in [2.75, 3.05) is 23.7 Å². The highest BCUT2D eigenvalue weighted by atomic mass is 35.5. The third kappa shape index (κ3) is 6.33. The maximum atomic E-state index is 13.2. The zero-order chi connectivity index (χ0) is 21.6. The predicted octanol–water partition coefficient (Wildman–Crippen LogP) is 3.53. The van der Waals surface area contributed by atoms with E-state index in [2.05, 4.69) is 5.32 Å². The standard InChI is InChI=1S/C20H24ClFN2O4S/c1-4-19(24(29(3,26)27)16-8-6-15(22)7-9-16)20(25)23-11-12-28-17-10-5-14(2)18(21)13-17/h5-10,13,19H,4,11-12H2,1-3H3,(H,23,25)/t19-/m1/s1. The van der Waals surface area contributed by atoms with E-state index in [1.54, 1.807) is 19.1 Å². The van der Waals surface area contributed by atoms with Crippen molar-refractivity contribution >= 4 is 33.2 Å². The van der Waals surface area contributed by atoms with Gasteiger partial charge in [0.2, 0.25) is 15.9 Å². The summed E-state index contributed by atoms with van der Waals surface area (Å²) in [5.41, 5.74) is 1.15. The number of halogens is 2. The summed E-state index contributed by atoms with van der Waals surface area (Å²) in [6, 6.07) is 9.29. The molecule has 0 aliphatic heterocycles. The van der Waals surface area contributed by atoms with Crippen LogP contribution in [0.2, 0.25) is 5.02 Å². The Balaban J connectivity index is 2.03. The fourth-order valence-electron chi connectivity index (χ4n) is 2.77. The molecular weight excluding hydrogens is 419 g/mol. The van der Waals surface area contributed by atoms with Gasteiger partial charge in [0.15, 0.2) is 0 Å². The molecule has 0 fully saturated rings. The number of sulfonamides is 1. The number of hydrogen-bond acceptors (Lipinski definition) is 4. The van der Waals surface area contributed by atoms with Crippen molar-refractivity contribution in [2.24, 2.45) is 0 Å². The van der Waals surface area contributed by atoms with Crippen LogP contribution in [-0.2, 0) is 14.8 Å². The molecule has 2 aromatic carbocycles. The van der Waals surface area contributed by atoms with Crippen LogP contribution in [0.15, 0.2) is 42.5 Å². The molecule has 0 unspecified atom stereocenters. The van der Waals surface area contributed by atoms with Crippen LogP contribution in [0.1, 0.15) is 18.9 Å². The van der Waals surface area contributed by atoms with Gasteiger partial charge in [0.1, 0.15) is 24.2 Å². The first-order valence-corrected chi connectivity index (χ1v) is 11.3. The lowest BCUT2D eigenvalue weighted by Crippen LogP contribution is -2.50. The molecule has 1 amide bonds. The SMILES string of the molecule is CC[C@H](C(=O)NCCOc1ccc(C)c(Cl)c1)N(c1ccc(F)cc1)S(C)(=O)=O. The first-order valence-electron chi connectivity index (χ1n) is 9.05. The molecule has 6 nitrogen and oxygen atoms in total. The van der Waals surface area contributed by atoms with E-state index in [0.29, 0.717) is 10.8 Å². The van der Waals surface area contributed by atoms with Gasteiger partial charge in [-0.1, -0.05) is 24.6 Å². The maximum Gasteiger partial charge on any atom is 0.244 e. The predicted molar refractivity (Wildman–Crippen MR) is 112 cm³/mol. The normalized spacial score (nSPS) is 12.3. The van der Waals surface area contributed by atoms with Crippen LogP contribution < -0.4 is 14.4 Å². The van der Waals surface area contributed by atoms with E-state index in [4.69, 9.17) is 16.3 Å². The molecule has 2 aromatic rings. The van der Waals surface area contributed by atoms with E-state index in [0.717, 1.165) is 28.3 Å². The topological polar surface area (TPSA) is 75.7 Å². The fourth-order valence-corrected chi connectivity index (χ4v) is 4.15. The lowest BCUT2D eigenvalue weighted by molar-refractivity contribution is -0.122. The minimum Gasteiger partial charge on any atom is -0.492 e. The quantitative estimate of drug-likeness (QED) is 0.603. The number of nitrogens with one attached hydrogen (secondary N) is 1. The second kappa shape index (κ2) is 9.93. The van der Waals surface area contributed by atoms with E-state index < -0.39 is 27.8 Å². The first-order chi connectivity index (χ1) is 13.6. The van der Waals surface area contributed by atoms with Crippen LogP contribution in [-0.4, -0.2) is 39.8 Å². The van der Waals surface area contributed by atoms with Gasteiger partial charge in [-0.25, -0.2) is 12.8 Å². The molecule has 0 spiro atoms. The van der Waals surface area contributed by atoms with Crippen molar-refractivity contribution in [1.82, 2.24) is 5.32 Å². The van der Waals surface area contributed by atoms with Crippen molar-refractivity contribution in [1.29, 1.82) is 0 Å². The highest BCUT2D eigenvalue weighted by molar-refractivity contribution is 7.92. The zero-order valence-electron chi connectivity index (χ0n) is 16.5. The van der Waals surface area contributed by atoms with Crippen LogP contribution in [0.25, 0.3) is 0 Å². The Labute approximate surface area is 175 Å². The Morgan fingerprint density at radius 2 is 1.90 bits per heavy atom. The average Bonchev–Trinajstić information content (AvgIpc) is 2.66. The Morgan fingerprint density at radius 3 is 2.45 bits per heavy atom. The van der Waals surface area contributed by atoms with Gasteiger partial charge in [-0.15, -0.1) is 0 Å². The number of anilines is 1. The average molecular weight is 443 g/mol. The van der Waals surface area contributed by atoms with Crippen molar-refractivity contribution < 1.29 is 22.3 Å². The summed E-state index contributed by atoms with van der Waals surface area (Å²) in [7, 11) is -3.77.